The van der Waals surface area contributed by atoms with Crippen LogP contribution in [0.1, 0.15) is 16.1 Å². The van der Waals surface area contributed by atoms with Gasteiger partial charge < -0.3 is 4.74 Å². The molecule has 0 radical (unpaired) electrons. The van der Waals surface area contributed by atoms with Crippen LogP contribution in [0.5, 0.6) is 0 Å². The topological polar surface area (TPSA) is 56.5 Å². The molecule has 0 spiro atoms. The van der Waals surface area contributed by atoms with Crippen molar-refractivity contribution in [1.82, 2.24) is 14.6 Å². The minimum atomic E-state index is -0.401. The number of pyridine rings is 2. The molecule has 0 aliphatic rings. The number of hydrogen-bond donors (Lipinski definition) is 0. The molecule has 3 heterocycles. The number of ether oxygens (including phenoxy) is 1. The van der Waals surface area contributed by atoms with Crippen LogP contribution in [0.25, 0.3) is 16.8 Å². The number of carbonyl (C=O) groups is 1. The van der Waals surface area contributed by atoms with Gasteiger partial charge in [0.15, 0.2) is 0 Å². The second-order valence-corrected chi connectivity index (χ2v) is 4.43. The van der Waals surface area contributed by atoms with E-state index < -0.39 is 5.97 Å². The molecule has 0 fully saturated rings. The maximum Gasteiger partial charge on any atom is 0.342 e. The molecule has 0 aliphatic carbocycles. The van der Waals surface area contributed by atoms with Crippen LogP contribution in [0.4, 0.5) is 0 Å². The van der Waals surface area contributed by atoms with Gasteiger partial charge in [-0.25, -0.2) is 9.31 Å². The minimum Gasteiger partial charge on any atom is -0.465 e. The van der Waals surface area contributed by atoms with Gasteiger partial charge in [0.25, 0.3) is 0 Å². The van der Waals surface area contributed by atoms with Crippen molar-refractivity contribution in [3.8, 4) is 11.3 Å². The summed E-state index contributed by atoms with van der Waals surface area (Å²) in [4.78, 5) is 16.3. The van der Waals surface area contributed by atoms with Gasteiger partial charge in [-0.05, 0) is 31.2 Å². The number of fused-ring (bicyclic) bond motifs is 1. The fraction of sp³-hybridized carbons (Fsp3) is 0.133. The van der Waals surface area contributed by atoms with Crippen molar-refractivity contribution in [2.24, 2.45) is 0 Å². The molecule has 0 aliphatic heterocycles. The molecule has 20 heavy (non-hydrogen) atoms. The highest BCUT2D eigenvalue weighted by Gasteiger charge is 2.21. The quantitative estimate of drug-likeness (QED) is 0.669. The third kappa shape index (κ3) is 1.93. The van der Waals surface area contributed by atoms with Gasteiger partial charge in [0, 0.05) is 23.7 Å². The van der Waals surface area contributed by atoms with E-state index in [1.807, 2.05) is 37.3 Å². The molecule has 0 aromatic carbocycles. The van der Waals surface area contributed by atoms with Crippen LogP contribution in [-0.2, 0) is 4.74 Å². The molecule has 0 N–H and O–H groups in total. The van der Waals surface area contributed by atoms with E-state index in [0.29, 0.717) is 11.3 Å². The van der Waals surface area contributed by atoms with Gasteiger partial charge in [-0.3, -0.25) is 4.98 Å². The summed E-state index contributed by atoms with van der Waals surface area (Å²) in [7, 11) is 1.37. The summed E-state index contributed by atoms with van der Waals surface area (Å²) in [6, 6.07) is 9.35. The second-order valence-electron chi connectivity index (χ2n) is 4.43. The Bertz CT molecular complexity index is 775. The lowest BCUT2D eigenvalue weighted by Crippen LogP contribution is -2.02. The van der Waals surface area contributed by atoms with Gasteiger partial charge >= 0.3 is 5.97 Å². The fourth-order valence-electron chi connectivity index (χ4n) is 2.11. The Morgan fingerprint density at radius 2 is 2.10 bits per heavy atom. The molecule has 3 rings (SSSR count). The van der Waals surface area contributed by atoms with Crippen molar-refractivity contribution in [3.63, 3.8) is 0 Å². The summed E-state index contributed by atoms with van der Waals surface area (Å²) in [5.41, 5.74) is 3.46. The number of esters is 1. The first-order chi connectivity index (χ1) is 9.70. The van der Waals surface area contributed by atoms with Gasteiger partial charge in [-0.2, -0.15) is 5.10 Å². The molecule has 5 heteroatoms. The van der Waals surface area contributed by atoms with E-state index in [9.17, 15) is 4.79 Å². The van der Waals surface area contributed by atoms with E-state index in [1.165, 1.54) is 7.11 Å². The molecular formula is C15H13N3O2. The Kier molecular flexibility index (Phi) is 2.95. The molecule has 0 saturated carbocycles. The Morgan fingerprint density at radius 3 is 2.80 bits per heavy atom. The Labute approximate surface area is 115 Å². The largest absolute Gasteiger partial charge is 0.465 e. The third-order valence-electron chi connectivity index (χ3n) is 3.11. The SMILES string of the molecule is COC(=O)c1c(-c2ccc(C)nc2)nn2ccccc12. The predicted octanol–water partition coefficient (Wildman–Crippen LogP) is 2.49. The van der Waals surface area contributed by atoms with Crippen LogP contribution in [0.2, 0.25) is 0 Å². The van der Waals surface area contributed by atoms with Crippen LogP contribution in [0.15, 0.2) is 42.7 Å². The first-order valence-electron chi connectivity index (χ1n) is 6.19. The smallest absolute Gasteiger partial charge is 0.342 e. The number of rotatable bonds is 2. The number of nitrogens with zero attached hydrogens (tertiary/aromatic N) is 3. The average Bonchev–Trinajstić information content (AvgIpc) is 2.86. The standard InChI is InChI=1S/C15H13N3O2/c1-10-6-7-11(9-16-10)14-13(15(19)20-2)12-5-3-4-8-18(12)17-14/h3-9H,1-2H3. The lowest BCUT2D eigenvalue weighted by atomic mass is 10.1. The van der Waals surface area contributed by atoms with Crippen molar-refractivity contribution in [3.05, 3.63) is 54.0 Å². The van der Waals surface area contributed by atoms with Gasteiger partial charge in [0.2, 0.25) is 0 Å². The second kappa shape index (κ2) is 4.77. The molecule has 3 aromatic rings. The average molecular weight is 267 g/mol. The van der Waals surface area contributed by atoms with E-state index in [0.717, 1.165) is 16.8 Å². The van der Waals surface area contributed by atoms with Crippen LogP contribution >= 0.6 is 0 Å². The van der Waals surface area contributed by atoms with Crippen molar-refractivity contribution in [1.29, 1.82) is 0 Å². The van der Waals surface area contributed by atoms with Crippen LogP contribution < -0.4 is 0 Å². The molecule has 5 nitrogen and oxygen atoms in total. The van der Waals surface area contributed by atoms with E-state index in [1.54, 1.807) is 16.9 Å². The van der Waals surface area contributed by atoms with Crippen LogP contribution in [0, 0.1) is 6.92 Å². The summed E-state index contributed by atoms with van der Waals surface area (Å²) in [5.74, 6) is -0.401. The zero-order valence-corrected chi connectivity index (χ0v) is 11.2. The highest BCUT2D eigenvalue weighted by molar-refractivity contribution is 6.03. The number of hydrogen-bond acceptors (Lipinski definition) is 4. The zero-order chi connectivity index (χ0) is 14.1. The van der Waals surface area contributed by atoms with Crippen LogP contribution in [-0.4, -0.2) is 27.7 Å². The highest BCUT2D eigenvalue weighted by Crippen LogP contribution is 2.26. The Hall–Kier alpha value is -2.69. The molecule has 100 valence electrons. The monoisotopic (exact) mass is 267 g/mol. The van der Waals surface area contributed by atoms with Crippen molar-refractivity contribution in [2.45, 2.75) is 6.92 Å². The highest BCUT2D eigenvalue weighted by atomic mass is 16.5. The lowest BCUT2D eigenvalue weighted by molar-refractivity contribution is 0.0604. The maximum atomic E-state index is 12.1. The Balaban J connectivity index is 2.29. The van der Waals surface area contributed by atoms with Crippen molar-refractivity contribution in [2.75, 3.05) is 7.11 Å². The van der Waals surface area contributed by atoms with Crippen molar-refractivity contribution >= 4 is 11.5 Å². The molecule has 0 unspecified atom stereocenters. The van der Waals surface area contributed by atoms with E-state index in [2.05, 4.69) is 10.1 Å². The Morgan fingerprint density at radius 1 is 1.25 bits per heavy atom. The zero-order valence-electron chi connectivity index (χ0n) is 11.2. The van der Waals surface area contributed by atoms with Gasteiger partial charge in [-0.15, -0.1) is 0 Å². The number of aryl methyl sites for hydroxylation is 1. The predicted molar refractivity (Wildman–Crippen MR) is 74.5 cm³/mol. The number of carbonyl (C=O) groups excluding carboxylic acids is 1. The summed E-state index contributed by atoms with van der Waals surface area (Å²) in [6.07, 6.45) is 3.51. The molecular weight excluding hydrogens is 254 g/mol. The summed E-state index contributed by atoms with van der Waals surface area (Å²) < 4.78 is 6.54. The van der Waals surface area contributed by atoms with E-state index in [4.69, 9.17) is 4.74 Å². The lowest BCUT2D eigenvalue weighted by Gasteiger charge is -2.01. The molecule has 3 aromatic heterocycles. The third-order valence-corrected chi connectivity index (χ3v) is 3.11. The van der Waals surface area contributed by atoms with E-state index >= 15 is 0 Å². The first-order valence-corrected chi connectivity index (χ1v) is 6.19. The molecule has 0 bridgehead atoms. The molecule has 0 saturated heterocycles. The summed E-state index contributed by atoms with van der Waals surface area (Å²) in [5, 5.41) is 4.46. The van der Waals surface area contributed by atoms with Gasteiger partial charge in [-0.1, -0.05) is 6.07 Å². The fourth-order valence-corrected chi connectivity index (χ4v) is 2.11. The maximum absolute atomic E-state index is 12.1. The number of aromatic nitrogens is 3. The van der Waals surface area contributed by atoms with Gasteiger partial charge in [0.05, 0.1) is 12.6 Å². The summed E-state index contributed by atoms with van der Waals surface area (Å²) in [6.45, 7) is 1.91. The van der Waals surface area contributed by atoms with Crippen LogP contribution in [0.3, 0.4) is 0 Å². The molecule has 0 atom stereocenters. The van der Waals surface area contributed by atoms with Gasteiger partial charge in [0.1, 0.15) is 11.3 Å². The first kappa shape index (κ1) is 12.3. The number of methoxy groups -OCH3 is 1. The summed E-state index contributed by atoms with van der Waals surface area (Å²) >= 11 is 0. The molecule has 0 amide bonds. The van der Waals surface area contributed by atoms with E-state index in [-0.39, 0.29) is 0 Å². The minimum absolute atomic E-state index is 0.401. The normalized spacial score (nSPS) is 10.7. The van der Waals surface area contributed by atoms with Crippen molar-refractivity contribution < 1.29 is 9.53 Å².